The molecule has 0 aliphatic carbocycles. The van der Waals surface area contributed by atoms with Crippen LogP contribution in [0.2, 0.25) is 0 Å². The molecule has 244 valence electrons. The molecule has 0 N–H and O–H groups in total. The lowest BCUT2D eigenvalue weighted by atomic mass is 9.72. The quantitative estimate of drug-likeness (QED) is 0.165. The molecular weight excluding hydrogens is 631 g/mol. The average molecular weight is 670 g/mol. The number of pyridine rings is 2. The van der Waals surface area contributed by atoms with Gasteiger partial charge in [-0.15, -0.1) is 16.4 Å². The van der Waals surface area contributed by atoms with E-state index in [1.165, 1.54) is 66.3 Å². The number of unbranched alkanes of at least 4 members (excludes halogenated alkanes) is 1. The molecule has 4 aromatic carbocycles. The van der Waals surface area contributed by atoms with Crippen LogP contribution in [0.5, 0.6) is 0 Å². The number of aromatic nitrogens is 5. The molecule has 0 radical (unpaired) electrons. The van der Waals surface area contributed by atoms with Crippen LogP contribution in [0.15, 0.2) is 121 Å². The fraction of sp³-hybridized carbons (Fsp3) is 0.227. The lowest BCUT2D eigenvalue weighted by Crippen LogP contribution is -2.81. The Morgan fingerprint density at radius 2 is 1.58 bits per heavy atom. The summed E-state index contributed by atoms with van der Waals surface area (Å²) in [5, 5.41) is 9.59. The van der Waals surface area contributed by atoms with Crippen molar-refractivity contribution in [1.82, 2.24) is 14.8 Å². The van der Waals surface area contributed by atoms with Gasteiger partial charge in [0, 0.05) is 63.5 Å². The Morgan fingerprint density at radius 1 is 0.760 bits per heavy atom. The zero-order chi connectivity index (χ0) is 33.6. The summed E-state index contributed by atoms with van der Waals surface area (Å²) in [5.74, 6) is 1.64. The van der Waals surface area contributed by atoms with Gasteiger partial charge in [0.2, 0.25) is 17.0 Å². The molecule has 2 aliphatic rings. The SMILES string of the molecule is CCCCc1cccc2sc3c4c(ccc3c12)C1(n2nc(-c3ccccc3)nc2-c2cccc[n+]2C1(CC)CC)[n+]1c-4ccc2ccccc21. The van der Waals surface area contributed by atoms with E-state index < -0.39 is 11.2 Å². The van der Waals surface area contributed by atoms with Crippen molar-refractivity contribution in [2.24, 2.45) is 0 Å². The second-order valence-electron chi connectivity index (χ2n) is 13.9. The van der Waals surface area contributed by atoms with E-state index in [-0.39, 0.29) is 0 Å². The van der Waals surface area contributed by atoms with E-state index in [0.29, 0.717) is 0 Å². The van der Waals surface area contributed by atoms with Crippen molar-refractivity contribution in [2.45, 2.75) is 64.1 Å². The molecule has 0 saturated heterocycles. The Morgan fingerprint density at radius 3 is 2.42 bits per heavy atom. The van der Waals surface area contributed by atoms with Gasteiger partial charge < -0.3 is 0 Å². The van der Waals surface area contributed by atoms with E-state index in [9.17, 15) is 0 Å². The van der Waals surface area contributed by atoms with Crippen LogP contribution < -0.4 is 9.13 Å². The van der Waals surface area contributed by atoms with Crippen LogP contribution in [-0.2, 0) is 17.6 Å². The summed E-state index contributed by atoms with van der Waals surface area (Å²) < 4.78 is 10.2. The first kappa shape index (κ1) is 29.7. The molecule has 6 heteroatoms. The van der Waals surface area contributed by atoms with Crippen molar-refractivity contribution in [1.29, 1.82) is 0 Å². The van der Waals surface area contributed by atoms with E-state index in [2.05, 4.69) is 156 Å². The molecular formula is C44H39N5S+2. The summed E-state index contributed by atoms with van der Waals surface area (Å²) in [7, 11) is 0. The fourth-order valence-corrected chi connectivity index (χ4v) is 10.8. The predicted molar refractivity (Wildman–Crippen MR) is 203 cm³/mol. The Kier molecular flexibility index (Phi) is 6.47. The first-order chi connectivity index (χ1) is 24.7. The fourth-order valence-electron chi connectivity index (χ4n) is 9.48. The highest BCUT2D eigenvalue weighted by molar-refractivity contribution is 7.26. The number of para-hydroxylation sites is 1. The summed E-state index contributed by atoms with van der Waals surface area (Å²) >= 11 is 1.95. The zero-order valence-electron chi connectivity index (χ0n) is 28.7. The van der Waals surface area contributed by atoms with Crippen LogP contribution in [0.4, 0.5) is 0 Å². The maximum Gasteiger partial charge on any atom is 0.357 e. The van der Waals surface area contributed by atoms with E-state index >= 15 is 0 Å². The van der Waals surface area contributed by atoms with E-state index in [0.717, 1.165) is 42.2 Å². The van der Waals surface area contributed by atoms with Gasteiger partial charge in [-0.2, -0.15) is 13.8 Å². The molecule has 1 atom stereocenters. The largest absolute Gasteiger partial charge is 0.357 e. The minimum atomic E-state index is -0.744. The van der Waals surface area contributed by atoms with Crippen molar-refractivity contribution in [3.63, 3.8) is 0 Å². The van der Waals surface area contributed by atoms with E-state index in [1.54, 1.807) is 0 Å². The number of fused-ring (bicyclic) bond motifs is 15. The van der Waals surface area contributed by atoms with E-state index in [1.807, 2.05) is 11.3 Å². The topological polar surface area (TPSA) is 38.5 Å². The molecule has 5 nitrogen and oxygen atoms in total. The monoisotopic (exact) mass is 669 g/mol. The van der Waals surface area contributed by atoms with Gasteiger partial charge in [-0.25, -0.2) is 4.98 Å². The zero-order valence-corrected chi connectivity index (χ0v) is 29.5. The third-order valence-corrected chi connectivity index (χ3v) is 12.8. The van der Waals surface area contributed by atoms with Gasteiger partial charge in [0.05, 0.1) is 15.8 Å². The molecule has 10 rings (SSSR count). The molecule has 8 aromatic rings. The lowest BCUT2D eigenvalue weighted by Gasteiger charge is -2.42. The normalized spacial score (nSPS) is 16.9. The van der Waals surface area contributed by atoms with Gasteiger partial charge in [0.25, 0.3) is 11.2 Å². The molecule has 1 unspecified atom stereocenters. The highest BCUT2D eigenvalue weighted by atomic mass is 32.1. The number of benzene rings is 4. The molecule has 0 amide bonds. The summed E-state index contributed by atoms with van der Waals surface area (Å²) in [6.07, 6.45) is 7.56. The van der Waals surface area contributed by atoms with Gasteiger partial charge in [-0.1, -0.05) is 87.9 Å². The Labute approximate surface area is 296 Å². The lowest BCUT2D eigenvalue weighted by molar-refractivity contribution is -0.861. The number of hydrogen-bond donors (Lipinski definition) is 0. The smallest absolute Gasteiger partial charge is 0.201 e. The van der Waals surface area contributed by atoms with Crippen molar-refractivity contribution < 1.29 is 9.13 Å². The van der Waals surface area contributed by atoms with Crippen LogP contribution >= 0.6 is 11.3 Å². The molecule has 0 bridgehead atoms. The summed E-state index contributed by atoms with van der Waals surface area (Å²) in [4.78, 5) is 5.40. The first-order valence-electron chi connectivity index (χ1n) is 18.1. The molecule has 4 aromatic heterocycles. The molecule has 0 saturated carbocycles. The molecule has 0 fully saturated rings. The van der Waals surface area contributed by atoms with Crippen molar-refractivity contribution in [3.8, 4) is 34.2 Å². The van der Waals surface area contributed by atoms with Gasteiger partial charge in [0.15, 0.2) is 12.0 Å². The molecule has 6 heterocycles. The van der Waals surface area contributed by atoms with Crippen LogP contribution in [0.25, 0.3) is 65.2 Å². The maximum absolute atomic E-state index is 5.60. The average Bonchev–Trinajstić information content (AvgIpc) is 3.87. The van der Waals surface area contributed by atoms with Gasteiger partial charge in [-0.05, 0) is 48.7 Å². The molecule has 1 spiro atoms. The Balaban J connectivity index is 1.42. The van der Waals surface area contributed by atoms with Crippen LogP contribution in [-0.4, -0.2) is 14.8 Å². The van der Waals surface area contributed by atoms with Gasteiger partial charge in [0.1, 0.15) is 0 Å². The summed E-state index contributed by atoms with van der Waals surface area (Å²) in [6.45, 7) is 7.00. The maximum atomic E-state index is 5.60. The minimum Gasteiger partial charge on any atom is -0.201 e. The minimum absolute atomic E-state index is 0.413. The van der Waals surface area contributed by atoms with Crippen molar-refractivity contribution >= 4 is 42.4 Å². The second-order valence-corrected chi connectivity index (χ2v) is 14.9. The number of hydrogen-bond acceptors (Lipinski definition) is 3. The van der Waals surface area contributed by atoms with Gasteiger partial charge >= 0.3 is 5.66 Å². The van der Waals surface area contributed by atoms with Crippen molar-refractivity contribution in [3.05, 3.63) is 133 Å². The second kappa shape index (κ2) is 10.9. The van der Waals surface area contributed by atoms with Gasteiger partial charge in [-0.3, -0.25) is 0 Å². The Bertz CT molecular complexity index is 2630. The summed E-state index contributed by atoms with van der Waals surface area (Å²) in [5.41, 5.74) is 7.47. The van der Waals surface area contributed by atoms with Crippen molar-refractivity contribution in [2.75, 3.05) is 0 Å². The van der Waals surface area contributed by atoms with Crippen LogP contribution in [0.3, 0.4) is 0 Å². The number of rotatable bonds is 6. The standard InChI is InChI=1S/C44H39N5S/c1-4-7-16-30-20-15-23-37-38(30)32-25-26-33-39(40(32)50-37)35-27-24-29-17-11-12-21-34(29)48(35)44(33)43(5-2,6-3)47-28-14-13-22-36(47)42-45-41(46-49(42)44)31-18-9-8-10-19-31/h8-15,17-28H,4-7,16H2,1-3H3/q+2. The highest BCUT2D eigenvalue weighted by Gasteiger charge is 2.75. The summed E-state index contributed by atoms with van der Waals surface area (Å²) in [6, 6.07) is 42.3. The number of aryl methyl sites for hydroxylation is 1. The highest BCUT2D eigenvalue weighted by Crippen LogP contribution is 2.56. The predicted octanol–water partition coefficient (Wildman–Crippen LogP) is 9.81. The molecule has 50 heavy (non-hydrogen) atoms. The number of thiophene rings is 1. The third-order valence-electron chi connectivity index (χ3n) is 11.7. The first-order valence-corrected chi connectivity index (χ1v) is 18.9. The van der Waals surface area contributed by atoms with Crippen LogP contribution in [0, 0.1) is 0 Å². The third kappa shape index (κ3) is 3.62. The molecule has 2 aliphatic heterocycles. The van der Waals surface area contributed by atoms with Crippen LogP contribution in [0.1, 0.15) is 57.6 Å². The number of nitrogens with zero attached hydrogens (tertiary/aromatic N) is 5. The Hall–Kier alpha value is -5.20. The van der Waals surface area contributed by atoms with E-state index in [4.69, 9.17) is 10.1 Å².